The number of ether oxygens (including phenoxy) is 1. The molecular weight excluding hydrogens is 344 g/mol. The summed E-state index contributed by atoms with van der Waals surface area (Å²) in [7, 11) is 0. The van der Waals surface area contributed by atoms with Gasteiger partial charge in [0.05, 0.1) is 19.8 Å². The number of rotatable bonds is 6. The van der Waals surface area contributed by atoms with Gasteiger partial charge in [0.25, 0.3) is 0 Å². The highest BCUT2D eigenvalue weighted by Crippen LogP contribution is 2.22. The molecule has 0 aliphatic carbocycles. The number of hydrogen-bond donors (Lipinski definition) is 0. The number of fused-ring (bicyclic) bond motifs is 1. The Morgan fingerprint density at radius 2 is 2.19 bits per heavy atom. The average Bonchev–Trinajstić information content (AvgIpc) is 3.21. The Morgan fingerprint density at radius 3 is 3.00 bits per heavy atom. The van der Waals surface area contributed by atoms with E-state index >= 15 is 0 Å². The van der Waals surface area contributed by atoms with Gasteiger partial charge >= 0.3 is 0 Å². The van der Waals surface area contributed by atoms with Crippen molar-refractivity contribution in [3.63, 3.8) is 0 Å². The summed E-state index contributed by atoms with van der Waals surface area (Å²) in [6.07, 6.45) is 7.65. The lowest BCUT2D eigenvalue weighted by Gasteiger charge is -2.23. The molecule has 0 aromatic carbocycles. The number of aromatic nitrogens is 3. The first kappa shape index (κ1) is 17.4. The number of nitrogens with zero attached hydrogens (tertiary/aromatic N) is 4. The van der Waals surface area contributed by atoms with E-state index in [0.717, 1.165) is 44.2 Å². The molecule has 26 heavy (non-hydrogen) atoms. The van der Waals surface area contributed by atoms with E-state index in [1.807, 2.05) is 29.8 Å². The maximum absolute atomic E-state index is 6.01. The van der Waals surface area contributed by atoms with Crippen molar-refractivity contribution >= 4 is 11.3 Å². The van der Waals surface area contributed by atoms with Gasteiger partial charge in [-0.15, -0.1) is 11.3 Å². The average molecular weight is 369 g/mol. The molecule has 3 aromatic rings. The standard InChI is InChI=1S/C20H24N4OS/c1-16-4-5-19(26-16)12-23-10-18(11-24-8-7-22-20(24)13-23)15-25-14-17-3-2-6-21-9-17/h2-9,18H,10-15H2,1H3/t18-/m1/s1. The molecule has 5 nitrogen and oxygen atoms in total. The van der Waals surface area contributed by atoms with Crippen LogP contribution in [0.1, 0.15) is 21.1 Å². The molecule has 3 aromatic heterocycles. The third kappa shape index (κ3) is 4.38. The van der Waals surface area contributed by atoms with Crippen molar-refractivity contribution < 1.29 is 4.74 Å². The Bertz CT molecular complexity index is 829. The van der Waals surface area contributed by atoms with Gasteiger partial charge in [0.1, 0.15) is 5.82 Å². The van der Waals surface area contributed by atoms with Crippen molar-refractivity contribution in [2.24, 2.45) is 5.92 Å². The largest absolute Gasteiger partial charge is 0.376 e. The van der Waals surface area contributed by atoms with Gasteiger partial charge < -0.3 is 9.30 Å². The van der Waals surface area contributed by atoms with Crippen LogP contribution in [0.4, 0.5) is 0 Å². The SMILES string of the molecule is Cc1ccc(CN2Cc3nccn3C[C@H](COCc3cccnc3)C2)s1. The van der Waals surface area contributed by atoms with Crippen LogP contribution in [0.5, 0.6) is 0 Å². The second-order valence-electron chi connectivity index (χ2n) is 6.92. The summed E-state index contributed by atoms with van der Waals surface area (Å²) in [6.45, 7) is 7.37. The van der Waals surface area contributed by atoms with Gasteiger partial charge in [-0.2, -0.15) is 0 Å². The zero-order valence-electron chi connectivity index (χ0n) is 15.0. The first-order valence-electron chi connectivity index (χ1n) is 9.00. The molecule has 0 saturated heterocycles. The van der Waals surface area contributed by atoms with Crippen LogP contribution in [0, 0.1) is 12.8 Å². The highest BCUT2D eigenvalue weighted by atomic mass is 32.1. The van der Waals surface area contributed by atoms with Gasteiger partial charge in [-0.25, -0.2) is 4.98 Å². The molecular formula is C20H24N4OS. The lowest BCUT2D eigenvalue weighted by molar-refractivity contribution is 0.0666. The predicted molar refractivity (Wildman–Crippen MR) is 103 cm³/mol. The summed E-state index contributed by atoms with van der Waals surface area (Å²) in [5.74, 6) is 1.59. The van der Waals surface area contributed by atoms with Gasteiger partial charge in [-0.05, 0) is 30.7 Å². The number of pyridine rings is 1. The number of aryl methyl sites for hydroxylation is 1. The molecule has 0 fully saturated rings. The minimum Gasteiger partial charge on any atom is -0.376 e. The summed E-state index contributed by atoms with van der Waals surface area (Å²) in [4.78, 5) is 14.0. The second kappa shape index (κ2) is 8.12. The Morgan fingerprint density at radius 1 is 1.23 bits per heavy atom. The fourth-order valence-electron chi connectivity index (χ4n) is 3.47. The van der Waals surface area contributed by atoms with Crippen molar-refractivity contribution in [3.05, 3.63) is 70.2 Å². The van der Waals surface area contributed by atoms with Crippen LogP contribution in [0.25, 0.3) is 0 Å². The molecule has 6 heteroatoms. The molecule has 1 aliphatic rings. The van der Waals surface area contributed by atoms with Crippen molar-refractivity contribution in [1.82, 2.24) is 19.4 Å². The zero-order chi connectivity index (χ0) is 17.8. The monoisotopic (exact) mass is 368 g/mol. The summed E-state index contributed by atoms with van der Waals surface area (Å²) in [5, 5.41) is 0. The fraction of sp³-hybridized carbons (Fsp3) is 0.400. The van der Waals surface area contributed by atoms with Gasteiger partial charge in [0.15, 0.2) is 0 Å². The van der Waals surface area contributed by atoms with E-state index < -0.39 is 0 Å². The van der Waals surface area contributed by atoms with Gasteiger partial charge in [0, 0.05) is 60.1 Å². The van der Waals surface area contributed by atoms with Crippen molar-refractivity contribution in [2.45, 2.75) is 33.2 Å². The second-order valence-corrected chi connectivity index (χ2v) is 8.29. The molecule has 0 amide bonds. The number of imidazole rings is 1. The summed E-state index contributed by atoms with van der Waals surface area (Å²) >= 11 is 1.88. The predicted octanol–water partition coefficient (Wildman–Crippen LogP) is 3.50. The van der Waals surface area contributed by atoms with Crippen LogP contribution in [-0.4, -0.2) is 32.6 Å². The Balaban J connectivity index is 1.40. The Kier molecular flexibility index (Phi) is 5.43. The van der Waals surface area contributed by atoms with Crippen molar-refractivity contribution in [1.29, 1.82) is 0 Å². The van der Waals surface area contributed by atoms with Crippen LogP contribution in [0.2, 0.25) is 0 Å². The van der Waals surface area contributed by atoms with E-state index in [2.05, 4.69) is 50.8 Å². The van der Waals surface area contributed by atoms with Gasteiger partial charge in [0.2, 0.25) is 0 Å². The summed E-state index contributed by atoms with van der Waals surface area (Å²) < 4.78 is 8.29. The molecule has 0 bridgehead atoms. The topological polar surface area (TPSA) is 43.2 Å². The van der Waals surface area contributed by atoms with Gasteiger partial charge in [-0.1, -0.05) is 6.07 Å². The minimum atomic E-state index is 0.447. The van der Waals surface area contributed by atoms with Crippen molar-refractivity contribution in [3.8, 4) is 0 Å². The third-order valence-electron chi connectivity index (χ3n) is 4.66. The first-order valence-corrected chi connectivity index (χ1v) is 9.82. The lowest BCUT2D eigenvalue weighted by atomic mass is 10.1. The lowest BCUT2D eigenvalue weighted by Crippen LogP contribution is -2.29. The van der Waals surface area contributed by atoms with E-state index in [9.17, 15) is 0 Å². The fourth-order valence-corrected chi connectivity index (χ4v) is 4.40. The Labute approximate surface area is 158 Å². The zero-order valence-corrected chi connectivity index (χ0v) is 15.9. The Hall–Kier alpha value is -2.02. The van der Waals surface area contributed by atoms with Crippen LogP contribution < -0.4 is 0 Å². The first-order chi connectivity index (χ1) is 12.8. The normalized spacial score (nSPS) is 17.8. The molecule has 0 unspecified atom stereocenters. The molecule has 4 heterocycles. The smallest absolute Gasteiger partial charge is 0.122 e. The van der Waals surface area contributed by atoms with Crippen molar-refractivity contribution in [2.75, 3.05) is 13.2 Å². The number of thiophene rings is 1. The third-order valence-corrected chi connectivity index (χ3v) is 5.64. The molecule has 1 atom stereocenters. The highest BCUT2D eigenvalue weighted by molar-refractivity contribution is 7.11. The maximum Gasteiger partial charge on any atom is 0.122 e. The molecule has 0 N–H and O–H groups in total. The summed E-state index contributed by atoms with van der Waals surface area (Å²) in [6, 6.07) is 8.45. The van der Waals surface area contributed by atoms with E-state index in [-0.39, 0.29) is 0 Å². The minimum absolute atomic E-state index is 0.447. The molecule has 0 saturated carbocycles. The van der Waals surface area contributed by atoms with E-state index in [1.165, 1.54) is 9.75 Å². The van der Waals surface area contributed by atoms with Gasteiger partial charge in [-0.3, -0.25) is 9.88 Å². The van der Waals surface area contributed by atoms with Crippen LogP contribution in [0.15, 0.2) is 49.1 Å². The van der Waals surface area contributed by atoms with Crippen LogP contribution in [-0.2, 0) is 31.0 Å². The maximum atomic E-state index is 6.01. The molecule has 1 aliphatic heterocycles. The quantitative estimate of drug-likeness (QED) is 0.668. The van der Waals surface area contributed by atoms with Crippen LogP contribution >= 0.6 is 11.3 Å². The molecule has 0 spiro atoms. The van der Waals surface area contributed by atoms with E-state index in [1.54, 1.807) is 6.20 Å². The summed E-state index contributed by atoms with van der Waals surface area (Å²) in [5.41, 5.74) is 1.12. The van der Waals surface area contributed by atoms with E-state index in [4.69, 9.17) is 4.74 Å². The molecule has 136 valence electrons. The molecule has 4 rings (SSSR count). The number of hydrogen-bond acceptors (Lipinski definition) is 5. The molecule has 0 radical (unpaired) electrons. The van der Waals surface area contributed by atoms with Crippen LogP contribution in [0.3, 0.4) is 0 Å². The van der Waals surface area contributed by atoms with E-state index in [0.29, 0.717) is 12.5 Å². The highest BCUT2D eigenvalue weighted by Gasteiger charge is 2.23.